The molecular weight excluding hydrogens is 344 g/mol. The molecular formula is C17H20N2O7. The summed E-state index contributed by atoms with van der Waals surface area (Å²) in [6, 6.07) is 3.19. The molecule has 140 valence electrons. The Morgan fingerprint density at radius 1 is 1.15 bits per heavy atom. The fourth-order valence-corrected chi connectivity index (χ4v) is 2.74. The molecule has 1 aromatic carbocycles. The molecule has 9 nitrogen and oxygen atoms in total. The summed E-state index contributed by atoms with van der Waals surface area (Å²) in [4.78, 5) is 46.2. The number of rotatable bonds is 6. The molecule has 1 N–H and O–H groups in total. The monoisotopic (exact) mass is 364 g/mol. The summed E-state index contributed by atoms with van der Waals surface area (Å²) >= 11 is 0. The zero-order valence-electron chi connectivity index (χ0n) is 14.5. The van der Waals surface area contributed by atoms with Crippen LogP contribution in [0.1, 0.15) is 53.3 Å². The maximum absolute atomic E-state index is 12.3. The number of hydrogen-bond acceptors (Lipinski definition) is 7. The molecule has 1 fully saturated rings. The van der Waals surface area contributed by atoms with Crippen molar-refractivity contribution in [3.8, 4) is 0 Å². The number of benzene rings is 1. The normalized spacial score (nSPS) is 15.2. The Morgan fingerprint density at radius 3 is 2.27 bits per heavy atom. The van der Waals surface area contributed by atoms with E-state index in [-0.39, 0.29) is 17.2 Å². The summed E-state index contributed by atoms with van der Waals surface area (Å²) in [5.41, 5.74) is -0.820. The van der Waals surface area contributed by atoms with E-state index in [2.05, 4.69) is 10.1 Å². The van der Waals surface area contributed by atoms with Gasteiger partial charge < -0.3 is 14.8 Å². The molecule has 1 amide bonds. The smallest absolute Gasteiger partial charge is 0.339 e. The maximum atomic E-state index is 12.3. The van der Waals surface area contributed by atoms with Gasteiger partial charge in [-0.15, -0.1) is 0 Å². The first-order valence-corrected chi connectivity index (χ1v) is 8.21. The van der Waals surface area contributed by atoms with Gasteiger partial charge in [-0.2, -0.15) is 0 Å². The van der Waals surface area contributed by atoms with E-state index in [0.29, 0.717) is 0 Å². The van der Waals surface area contributed by atoms with Crippen LogP contribution in [-0.4, -0.2) is 42.0 Å². The molecule has 0 aromatic heterocycles. The number of carbonyl (C=O) groups excluding carboxylic acids is 3. The number of esters is 2. The van der Waals surface area contributed by atoms with E-state index in [1.54, 1.807) is 0 Å². The Kier molecular flexibility index (Phi) is 6.26. The third-order valence-corrected chi connectivity index (χ3v) is 4.14. The quantitative estimate of drug-likeness (QED) is 0.465. The Bertz CT molecular complexity index is 726. The van der Waals surface area contributed by atoms with E-state index in [9.17, 15) is 24.5 Å². The minimum absolute atomic E-state index is 0.0763. The van der Waals surface area contributed by atoms with Crippen LogP contribution < -0.4 is 5.32 Å². The first-order valence-electron chi connectivity index (χ1n) is 8.21. The second kappa shape index (κ2) is 8.41. The van der Waals surface area contributed by atoms with E-state index < -0.39 is 34.6 Å². The number of nitro groups is 1. The average Bonchev–Trinajstić information content (AvgIpc) is 3.13. The van der Waals surface area contributed by atoms with Gasteiger partial charge in [0.25, 0.3) is 11.6 Å². The van der Waals surface area contributed by atoms with Crippen molar-refractivity contribution in [2.75, 3.05) is 7.11 Å². The third-order valence-electron chi connectivity index (χ3n) is 4.14. The van der Waals surface area contributed by atoms with Crippen LogP contribution in [-0.2, 0) is 14.3 Å². The molecule has 0 heterocycles. The zero-order valence-corrected chi connectivity index (χ0v) is 14.5. The van der Waals surface area contributed by atoms with Gasteiger partial charge in [0.1, 0.15) is 0 Å². The molecule has 1 saturated carbocycles. The van der Waals surface area contributed by atoms with E-state index in [1.807, 2.05) is 0 Å². The molecule has 1 aliphatic rings. The Morgan fingerprint density at radius 2 is 1.73 bits per heavy atom. The maximum Gasteiger partial charge on any atom is 0.339 e. The van der Waals surface area contributed by atoms with E-state index in [1.165, 1.54) is 6.92 Å². The van der Waals surface area contributed by atoms with E-state index in [0.717, 1.165) is 51.0 Å². The van der Waals surface area contributed by atoms with Crippen molar-refractivity contribution in [1.29, 1.82) is 0 Å². The second-order valence-electron chi connectivity index (χ2n) is 6.05. The van der Waals surface area contributed by atoms with Gasteiger partial charge in [0.2, 0.25) is 0 Å². The molecule has 1 atom stereocenters. The zero-order chi connectivity index (χ0) is 19.3. The lowest BCUT2D eigenvalue weighted by Gasteiger charge is -2.17. The summed E-state index contributed by atoms with van der Waals surface area (Å²) in [6.07, 6.45) is 2.80. The van der Waals surface area contributed by atoms with Crippen molar-refractivity contribution >= 4 is 23.5 Å². The van der Waals surface area contributed by atoms with Gasteiger partial charge in [0.05, 0.1) is 23.2 Å². The summed E-state index contributed by atoms with van der Waals surface area (Å²) in [6.45, 7) is 1.42. The molecule has 0 unspecified atom stereocenters. The minimum atomic E-state index is -1.07. The van der Waals surface area contributed by atoms with Crippen LogP contribution in [0, 0.1) is 10.1 Å². The Hall–Kier alpha value is -2.97. The number of nitrogens with one attached hydrogen (secondary N) is 1. The first-order chi connectivity index (χ1) is 12.3. The molecule has 0 bridgehead atoms. The lowest BCUT2D eigenvalue weighted by molar-refractivity contribution is -0.384. The fourth-order valence-electron chi connectivity index (χ4n) is 2.74. The number of nitrogens with zero attached hydrogens (tertiary/aromatic N) is 1. The summed E-state index contributed by atoms with van der Waals surface area (Å²) in [5, 5.41) is 13.8. The number of ether oxygens (including phenoxy) is 2. The van der Waals surface area contributed by atoms with Crippen molar-refractivity contribution in [2.24, 2.45) is 0 Å². The minimum Gasteiger partial charge on any atom is -0.465 e. The fraction of sp³-hybridized carbons (Fsp3) is 0.471. The highest BCUT2D eigenvalue weighted by Gasteiger charge is 2.25. The molecule has 2 rings (SSSR count). The van der Waals surface area contributed by atoms with Crippen molar-refractivity contribution in [1.82, 2.24) is 5.32 Å². The lowest BCUT2D eigenvalue weighted by Crippen LogP contribution is -2.40. The highest BCUT2D eigenvalue weighted by atomic mass is 16.6. The van der Waals surface area contributed by atoms with Crippen LogP contribution in [0.2, 0.25) is 0 Å². The van der Waals surface area contributed by atoms with Gasteiger partial charge in [-0.3, -0.25) is 14.9 Å². The Labute approximate surface area is 149 Å². The van der Waals surface area contributed by atoms with Gasteiger partial charge in [-0.05, 0) is 25.8 Å². The largest absolute Gasteiger partial charge is 0.465 e. The third kappa shape index (κ3) is 4.78. The molecule has 9 heteroatoms. The summed E-state index contributed by atoms with van der Waals surface area (Å²) < 4.78 is 9.61. The number of non-ortho nitro benzene ring substituents is 1. The predicted molar refractivity (Wildman–Crippen MR) is 89.7 cm³/mol. The molecule has 0 saturated heterocycles. The van der Waals surface area contributed by atoms with Crippen LogP contribution in [0.5, 0.6) is 0 Å². The lowest BCUT2D eigenvalue weighted by atomic mass is 10.1. The van der Waals surface area contributed by atoms with Crippen LogP contribution in [0.3, 0.4) is 0 Å². The van der Waals surface area contributed by atoms with Gasteiger partial charge in [0.15, 0.2) is 6.10 Å². The summed E-state index contributed by atoms with van der Waals surface area (Å²) in [5.74, 6) is -2.19. The Balaban J connectivity index is 2.12. The SMILES string of the molecule is COC(=O)c1cc(C(=O)O[C@@H](C)C(=O)NC2CCCC2)cc([N+](=O)[O-])c1. The van der Waals surface area contributed by atoms with E-state index >= 15 is 0 Å². The predicted octanol–water partition coefficient (Wildman–Crippen LogP) is 1.99. The standard InChI is InChI=1S/C17H20N2O7/c1-10(15(20)18-13-5-3-4-6-13)26-17(22)12-7-11(16(21)25-2)8-14(9-12)19(23)24/h7-10,13H,3-6H2,1-2H3,(H,18,20)/t10-/m0/s1. The number of carbonyl (C=O) groups is 3. The van der Waals surface area contributed by atoms with Gasteiger partial charge >= 0.3 is 11.9 Å². The highest BCUT2D eigenvalue weighted by Crippen LogP contribution is 2.20. The molecule has 1 aliphatic carbocycles. The molecule has 1 aromatic rings. The van der Waals surface area contributed by atoms with Crippen molar-refractivity contribution in [3.05, 3.63) is 39.4 Å². The second-order valence-corrected chi connectivity index (χ2v) is 6.05. The molecule has 0 radical (unpaired) electrons. The number of nitro benzene ring substituents is 1. The molecule has 26 heavy (non-hydrogen) atoms. The van der Waals surface area contributed by atoms with Crippen molar-refractivity contribution in [2.45, 2.75) is 44.8 Å². The van der Waals surface area contributed by atoms with Crippen molar-refractivity contribution in [3.63, 3.8) is 0 Å². The number of methoxy groups -OCH3 is 1. The topological polar surface area (TPSA) is 125 Å². The average molecular weight is 364 g/mol. The van der Waals surface area contributed by atoms with Crippen LogP contribution in [0.4, 0.5) is 5.69 Å². The molecule has 0 aliphatic heterocycles. The first kappa shape index (κ1) is 19.4. The highest BCUT2D eigenvalue weighted by molar-refractivity contribution is 5.97. The van der Waals surface area contributed by atoms with Gasteiger partial charge in [-0.1, -0.05) is 12.8 Å². The number of hydrogen-bond donors (Lipinski definition) is 1. The summed E-state index contributed by atoms with van der Waals surface area (Å²) in [7, 11) is 1.12. The van der Waals surface area contributed by atoms with Crippen LogP contribution in [0.15, 0.2) is 18.2 Å². The molecule has 0 spiro atoms. The van der Waals surface area contributed by atoms with Gasteiger partial charge in [-0.25, -0.2) is 9.59 Å². The number of amides is 1. The van der Waals surface area contributed by atoms with Crippen LogP contribution in [0.25, 0.3) is 0 Å². The van der Waals surface area contributed by atoms with Gasteiger partial charge in [0, 0.05) is 18.2 Å². The van der Waals surface area contributed by atoms with E-state index in [4.69, 9.17) is 4.74 Å². The van der Waals surface area contributed by atoms with Crippen molar-refractivity contribution < 1.29 is 28.8 Å². The van der Waals surface area contributed by atoms with Crippen LogP contribution >= 0.6 is 0 Å².